The molecule has 0 aromatic heterocycles. The minimum absolute atomic E-state index is 0.154. The number of unbranched alkanes of at least 4 members (excludes halogenated alkanes) is 11. The van der Waals surface area contributed by atoms with Crippen LogP contribution in [-0.4, -0.2) is 156 Å². The van der Waals surface area contributed by atoms with E-state index in [9.17, 15) is 51.1 Å². The molecule has 2 heterocycles. The molecule has 0 aromatic rings. The van der Waals surface area contributed by atoms with Crippen LogP contribution in [-0.2, 0) is 23.7 Å². The zero-order chi connectivity index (χ0) is 37.4. The molecule has 0 aliphatic carbocycles. The molecule has 12 atom stereocenters. The molecular weight excluding hydrogens is 660 g/mol. The van der Waals surface area contributed by atoms with Crippen molar-refractivity contribution in [1.29, 1.82) is 0 Å². The normalized spacial score (nSPS) is 36.1. The van der Waals surface area contributed by atoms with Crippen LogP contribution in [0.1, 0.15) is 117 Å². The maximum atomic E-state index is 12.0. The fourth-order valence-electron chi connectivity index (χ4n) is 6.75. The summed E-state index contributed by atoms with van der Waals surface area (Å²) in [6.45, 7) is 3.81. The molecule has 0 aromatic carbocycles. The molecule has 0 amide bonds. The smallest absolute Gasteiger partial charge is 0.251 e. The van der Waals surface area contributed by atoms with Crippen LogP contribution in [0.25, 0.3) is 0 Å². The van der Waals surface area contributed by atoms with Gasteiger partial charge in [-0.05, 0) is 19.8 Å². The van der Waals surface area contributed by atoms with Gasteiger partial charge in [0.05, 0.1) is 38.6 Å². The van der Waals surface area contributed by atoms with Gasteiger partial charge in [0.25, 0.3) is 5.79 Å². The molecule has 2 rings (SSSR count). The van der Waals surface area contributed by atoms with Gasteiger partial charge in [-0.15, -0.1) is 0 Å². The molecule has 0 spiro atoms. The van der Waals surface area contributed by atoms with Crippen molar-refractivity contribution in [1.82, 2.24) is 0 Å². The third-order valence-corrected chi connectivity index (χ3v) is 9.64. The van der Waals surface area contributed by atoms with E-state index in [4.69, 9.17) is 23.7 Å². The lowest BCUT2D eigenvalue weighted by atomic mass is 9.84. The van der Waals surface area contributed by atoms with Gasteiger partial charge in [-0.1, -0.05) is 84.5 Å². The highest BCUT2D eigenvalue weighted by molar-refractivity contribution is 5.07. The van der Waals surface area contributed by atoms with E-state index >= 15 is 0 Å². The molecule has 2 fully saturated rings. The quantitative estimate of drug-likeness (QED) is 0.0426. The van der Waals surface area contributed by atoms with Gasteiger partial charge in [-0.25, -0.2) is 0 Å². The molecule has 298 valence electrons. The number of ether oxygens (including phenoxy) is 5. The summed E-state index contributed by atoms with van der Waals surface area (Å²) in [6, 6.07) is 0. The number of hydrogen-bond donors (Lipinski definition) is 10. The SMILES string of the molecule is CCCCCCCCCO[C@@]1(O)[C@@H](O)[C@@H](O)[C@@H](CO)O[C@@]1(CC(C)O)O[C@H]1[C@@H](O)[C@@H](CO)O[C@](O)(CC(O)COCCCCCCCC)[C@@H]1O. The standard InChI is InChI=1S/C35H68O15/c1-4-6-8-10-12-14-16-18-47-35(45)31(42)29(41)27(22-37)49-34(35,19-24(3)38)50-30-28(40)26(21-36)48-33(44,32(30)43)20-25(39)23-46-17-15-13-11-9-7-5-2/h24-32,36-45H,4-23H2,1-3H3/t24?,25?,26-,27-,28+,29+,30+,31+,32-,33-,34+,35+/m1/s1. The highest BCUT2D eigenvalue weighted by Gasteiger charge is 2.69. The Hall–Kier alpha value is -0.600. The zero-order valence-electron chi connectivity index (χ0n) is 30.4. The second kappa shape index (κ2) is 22.6. The second-order valence-corrected chi connectivity index (χ2v) is 14.1. The van der Waals surface area contributed by atoms with E-state index in [1.54, 1.807) is 0 Å². The topological polar surface area (TPSA) is 248 Å². The molecule has 2 aliphatic rings. The van der Waals surface area contributed by atoms with Crippen LogP contribution < -0.4 is 0 Å². The molecule has 2 unspecified atom stereocenters. The first kappa shape index (κ1) is 45.6. The van der Waals surface area contributed by atoms with Gasteiger partial charge in [0.15, 0.2) is 5.79 Å². The Balaban J connectivity index is 2.30. The molecule has 2 saturated heterocycles. The summed E-state index contributed by atoms with van der Waals surface area (Å²) in [7, 11) is 0. The summed E-state index contributed by atoms with van der Waals surface area (Å²) in [5, 5.41) is 110. The minimum Gasteiger partial charge on any atom is -0.394 e. The van der Waals surface area contributed by atoms with Crippen molar-refractivity contribution in [2.45, 2.75) is 189 Å². The van der Waals surface area contributed by atoms with E-state index in [2.05, 4.69) is 13.8 Å². The van der Waals surface area contributed by atoms with Gasteiger partial charge in [0.2, 0.25) is 5.79 Å². The zero-order valence-corrected chi connectivity index (χ0v) is 30.4. The number of hydrogen-bond acceptors (Lipinski definition) is 15. The van der Waals surface area contributed by atoms with Gasteiger partial charge in [0, 0.05) is 19.4 Å². The van der Waals surface area contributed by atoms with Crippen molar-refractivity contribution < 1.29 is 74.7 Å². The van der Waals surface area contributed by atoms with Crippen LogP contribution in [0, 0.1) is 0 Å². The summed E-state index contributed by atoms with van der Waals surface area (Å²) >= 11 is 0. The maximum absolute atomic E-state index is 12.0. The Labute approximate surface area is 297 Å². The first-order valence-corrected chi connectivity index (χ1v) is 18.8. The lowest BCUT2D eigenvalue weighted by Gasteiger charge is -2.57. The summed E-state index contributed by atoms with van der Waals surface area (Å²) in [5.41, 5.74) is 0. The van der Waals surface area contributed by atoms with Crippen LogP contribution in [0.15, 0.2) is 0 Å². The minimum atomic E-state index is -2.94. The average Bonchev–Trinajstić information content (AvgIpc) is 3.07. The first-order chi connectivity index (χ1) is 23.8. The lowest BCUT2D eigenvalue weighted by molar-refractivity contribution is -0.490. The number of rotatable bonds is 26. The summed E-state index contributed by atoms with van der Waals surface area (Å²) in [6.07, 6.45) is -4.71. The summed E-state index contributed by atoms with van der Waals surface area (Å²) < 4.78 is 28.8. The average molecular weight is 729 g/mol. The van der Waals surface area contributed by atoms with Gasteiger partial charge in [0.1, 0.15) is 42.7 Å². The van der Waals surface area contributed by atoms with Gasteiger partial charge in [-0.3, -0.25) is 0 Å². The maximum Gasteiger partial charge on any atom is 0.251 e. The van der Waals surface area contributed by atoms with Crippen molar-refractivity contribution in [3.63, 3.8) is 0 Å². The van der Waals surface area contributed by atoms with Crippen LogP contribution in [0.3, 0.4) is 0 Å². The van der Waals surface area contributed by atoms with Gasteiger partial charge >= 0.3 is 0 Å². The fourth-order valence-corrected chi connectivity index (χ4v) is 6.75. The molecule has 15 nitrogen and oxygen atoms in total. The van der Waals surface area contributed by atoms with E-state index in [1.165, 1.54) is 6.92 Å². The fraction of sp³-hybridized carbons (Fsp3) is 1.00. The molecule has 2 aliphatic heterocycles. The Morgan fingerprint density at radius 3 is 1.72 bits per heavy atom. The van der Waals surface area contributed by atoms with E-state index in [-0.39, 0.29) is 13.2 Å². The third-order valence-electron chi connectivity index (χ3n) is 9.64. The lowest BCUT2D eigenvalue weighted by Crippen LogP contribution is -2.78. The highest BCUT2D eigenvalue weighted by atomic mass is 16.8. The Bertz CT molecular complexity index is 900. The van der Waals surface area contributed by atoms with Crippen molar-refractivity contribution >= 4 is 0 Å². The van der Waals surface area contributed by atoms with E-state index < -0.39 is 98.4 Å². The molecule has 10 N–H and O–H groups in total. The molecule has 0 saturated carbocycles. The predicted octanol–water partition coefficient (Wildman–Crippen LogP) is 0.337. The van der Waals surface area contributed by atoms with Crippen molar-refractivity contribution in [2.24, 2.45) is 0 Å². The van der Waals surface area contributed by atoms with Crippen LogP contribution in [0.5, 0.6) is 0 Å². The molecule has 15 heteroatoms. The monoisotopic (exact) mass is 728 g/mol. The largest absolute Gasteiger partial charge is 0.394 e. The summed E-state index contributed by atoms with van der Waals surface area (Å²) in [4.78, 5) is 0. The van der Waals surface area contributed by atoms with Gasteiger partial charge in [-0.2, -0.15) is 0 Å². The number of aliphatic hydroxyl groups is 10. The van der Waals surface area contributed by atoms with Crippen LogP contribution in [0.2, 0.25) is 0 Å². The Morgan fingerprint density at radius 1 is 0.660 bits per heavy atom. The van der Waals surface area contributed by atoms with Crippen LogP contribution >= 0.6 is 0 Å². The highest BCUT2D eigenvalue weighted by Crippen LogP contribution is 2.46. The van der Waals surface area contributed by atoms with Crippen LogP contribution in [0.4, 0.5) is 0 Å². The summed E-state index contributed by atoms with van der Waals surface area (Å²) in [5.74, 6) is -8.24. The molecule has 0 bridgehead atoms. The third kappa shape index (κ3) is 12.5. The molecular formula is C35H68O15. The van der Waals surface area contributed by atoms with Gasteiger partial charge < -0.3 is 74.7 Å². The van der Waals surface area contributed by atoms with Crippen molar-refractivity contribution in [3.8, 4) is 0 Å². The van der Waals surface area contributed by atoms with Crippen molar-refractivity contribution in [3.05, 3.63) is 0 Å². The van der Waals surface area contributed by atoms with Crippen molar-refractivity contribution in [2.75, 3.05) is 33.0 Å². The first-order valence-electron chi connectivity index (χ1n) is 18.8. The number of aliphatic hydroxyl groups excluding tert-OH is 8. The predicted molar refractivity (Wildman–Crippen MR) is 181 cm³/mol. The van der Waals surface area contributed by atoms with E-state index in [0.717, 1.165) is 77.0 Å². The van der Waals surface area contributed by atoms with E-state index in [1.807, 2.05) is 0 Å². The molecule has 50 heavy (non-hydrogen) atoms. The second-order valence-electron chi connectivity index (χ2n) is 14.1. The Kier molecular flexibility index (Phi) is 20.6. The van der Waals surface area contributed by atoms with E-state index in [0.29, 0.717) is 13.0 Å². The Morgan fingerprint density at radius 2 is 1.18 bits per heavy atom. The molecule has 0 radical (unpaired) electrons.